The van der Waals surface area contributed by atoms with Gasteiger partial charge in [0.1, 0.15) is 0 Å². The molecule has 0 fully saturated rings. The highest BCUT2D eigenvalue weighted by molar-refractivity contribution is 5.81. The van der Waals surface area contributed by atoms with Crippen LogP contribution in [-0.4, -0.2) is 4.57 Å². The van der Waals surface area contributed by atoms with E-state index in [0.717, 1.165) is 6.54 Å². The molecule has 0 N–H and O–H groups in total. The zero-order valence-electron chi connectivity index (χ0n) is 14.8. The van der Waals surface area contributed by atoms with Gasteiger partial charge in [0.2, 0.25) is 0 Å². The number of benzene rings is 2. The molecule has 1 aromatic heterocycles. The highest BCUT2D eigenvalue weighted by Crippen LogP contribution is 2.33. The van der Waals surface area contributed by atoms with Gasteiger partial charge in [-0.3, -0.25) is 0 Å². The molecule has 0 aliphatic carbocycles. The van der Waals surface area contributed by atoms with E-state index in [-0.39, 0.29) is 0 Å². The molecule has 0 saturated carbocycles. The summed E-state index contributed by atoms with van der Waals surface area (Å²) in [5, 5.41) is 0. The summed E-state index contributed by atoms with van der Waals surface area (Å²) in [4.78, 5) is 0. The minimum absolute atomic E-state index is 1.09. The Bertz CT molecular complexity index is 750. The summed E-state index contributed by atoms with van der Waals surface area (Å²) in [5.41, 5.74) is 6.58. The van der Waals surface area contributed by atoms with Crippen LogP contribution in [0.4, 0.5) is 0 Å². The second kappa shape index (κ2) is 8.01. The van der Waals surface area contributed by atoms with Gasteiger partial charge in [0, 0.05) is 18.3 Å². The maximum atomic E-state index is 2.43. The van der Waals surface area contributed by atoms with Crippen LogP contribution >= 0.6 is 0 Å². The van der Waals surface area contributed by atoms with Gasteiger partial charge in [0.15, 0.2) is 0 Å². The van der Waals surface area contributed by atoms with Gasteiger partial charge < -0.3 is 4.57 Å². The number of aromatic nitrogens is 1. The highest BCUT2D eigenvalue weighted by atomic mass is 15.0. The summed E-state index contributed by atoms with van der Waals surface area (Å²) in [7, 11) is 0. The van der Waals surface area contributed by atoms with E-state index in [4.69, 9.17) is 0 Å². The van der Waals surface area contributed by atoms with Crippen LogP contribution in [0.3, 0.4) is 0 Å². The Morgan fingerprint density at radius 2 is 1.50 bits per heavy atom. The predicted octanol–water partition coefficient (Wildman–Crippen LogP) is 6.71. The quantitative estimate of drug-likeness (QED) is 0.427. The summed E-state index contributed by atoms with van der Waals surface area (Å²) in [6.45, 7) is 5.50. The Kier molecular flexibility index (Phi) is 5.53. The van der Waals surface area contributed by atoms with Gasteiger partial charge in [-0.1, -0.05) is 86.3 Å². The van der Waals surface area contributed by atoms with Crippen molar-refractivity contribution in [3.8, 4) is 22.4 Å². The average Bonchev–Trinajstić information content (AvgIpc) is 3.04. The molecule has 0 atom stereocenters. The lowest BCUT2D eigenvalue weighted by atomic mass is 10.0. The normalized spacial score (nSPS) is 10.9. The van der Waals surface area contributed by atoms with Crippen molar-refractivity contribution >= 4 is 0 Å². The number of rotatable bonds is 7. The van der Waals surface area contributed by atoms with Crippen LogP contribution in [0.1, 0.15) is 38.2 Å². The van der Waals surface area contributed by atoms with Crippen LogP contribution in [0, 0.1) is 6.92 Å². The van der Waals surface area contributed by atoms with Gasteiger partial charge in [0.05, 0.1) is 5.69 Å². The van der Waals surface area contributed by atoms with E-state index in [1.54, 1.807) is 0 Å². The second-order valence-corrected chi connectivity index (χ2v) is 6.56. The molecule has 1 nitrogen and oxygen atoms in total. The topological polar surface area (TPSA) is 4.93 Å². The van der Waals surface area contributed by atoms with Crippen molar-refractivity contribution in [3.63, 3.8) is 0 Å². The molecule has 1 heteroatoms. The maximum absolute atomic E-state index is 2.43. The first-order chi connectivity index (χ1) is 11.8. The number of nitrogens with zero attached hydrogens (tertiary/aromatic N) is 1. The molecule has 0 unspecified atom stereocenters. The highest BCUT2D eigenvalue weighted by Gasteiger charge is 2.12. The van der Waals surface area contributed by atoms with Gasteiger partial charge in [-0.25, -0.2) is 0 Å². The zero-order chi connectivity index (χ0) is 16.8. The first-order valence-electron chi connectivity index (χ1n) is 9.11. The van der Waals surface area contributed by atoms with Crippen molar-refractivity contribution in [2.45, 2.75) is 46.1 Å². The molecule has 0 aliphatic rings. The number of unbranched alkanes of at least 4 members (excludes halogenated alkanes) is 3. The van der Waals surface area contributed by atoms with E-state index in [2.05, 4.69) is 85.3 Å². The van der Waals surface area contributed by atoms with Crippen molar-refractivity contribution in [3.05, 3.63) is 72.4 Å². The number of hydrogen-bond donors (Lipinski definition) is 0. The van der Waals surface area contributed by atoms with Crippen LogP contribution in [0.25, 0.3) is 22.4 Å². The van der Waals surface area contributed by atoms with E-state index < -0.39 is 0 Å². The van der Waals surface area contributed by atoms with Crippen molar-refractivity contribution in [2.75, 3.05) is 0 Å². The zero-order valence-corrected chi connectivity index (χ0v) is 14.8. The minimum Gasteiger partial charge on any atom is -0.347 e. The van der Waals surface area contributed by atoms with Crippen molar-refractivity contribution in [1.29, 1.82) is 0 Å². The van der Waals surface area contributed by atoms with Crippen molar-refractivity contribution < 1.29 is 0 Å². The Labute approximate surface area is 146 Å². The molecule has 0 bridgehead atoms. The molecule has 0 aliphatic heterocycles. The Hall–Kier alpha value is -2.28. The van der Waals surface area contributed by atoms with Crippen LogP contribution in [0.2, 0.25) is 0 Å². The lowest BCUT2D eigenvalue weighted by molar-refractivity contribution is 0.587. The first-order valence-corrected chi connectivity index (χ1v) is 9.11. The van der Waals surface area contributed by atoms with Gasteiger partial charge >= 0.3 is 0 Å². The third-order valence-corrected chi connectivity index (χ3v) is 4.63. The molecule has 0 amide bonds. The molecule has 1 heterocycles. The number of hydrogen-bond acceptors (Lipinski definition) is 0. The van der Waals surface area contributed by atoms with E-state index in [1.165, 1.54) is 53.6 Å². The Morgan fingerprint density at radius 1 is 0.750 bits per heavy atom. The van der Waals surface area contributed by atoms with E-state index >= 15 is 0 Å². The van der Waals surface area contributed by atoms with Crippen molar-refractivity contribution in [1.82, 2.24) is 4.57 Å². The molecule has 0 saturated heterocycles. The minimum atomic E-state index is 1.09. The third kappa shape index (κ3) is 3.79. The summed E-state index contributed by atoms with van der Waals surface area (Å²) < 4.78 is 2.43. The van der Waals surface area contributed by atoms with Crippen LogP contribution < -0.4 is 0 Å². The van der Waals surface area contributed by atoms with Crippen molar-refractivity contribution in [2.24, 2.45) is 0 Å². The van der Waals surface area contributed by atoms with Gasteiger partial charge in [-0.15, -0.1) is 0 Å². The largest absolute Gasteiger partial charge is 0.347 e. The summed E-state index contributed by atoms with van der Waals surface area (Å²) in [5.74, 6) is 0. The van der Waals surface area contributed by atoms with E-state index in [0.29, 0.717) is 0 Å². The molecule has 3 rings (SSSR count). The molecular weight excluding hydrogens is 290 g/mol. The van der Waals surface area contributed by atoms with Gasteiger partial charge in [-0.05, 0) is 30.5 Å². The summed E-state index contributed by atoms with van der Waals surface area (Å²) >= 11 is 0. The Balaban J connectivity index is 1.96. The fourth-order valence-electron chi connectivity index (χ4n) is 3.25. The lowest BCUT2D eigenvalue weighted by Crippen LogP contribution is -1.99. The average molecular weight is 317 g/mol. The maximum Gasteiger partial charge on any atom is 0.0559 e. The lowest BCUT2D eigenvalue weighted by Gasteiger charge is -2.12. The summed E-state index contributed by atoms with van der Waals surface area (Å²) in [6.07, 6.45) is 7.42. The second-order valence-electron chi connectivity index (χ2n) is 6.56. The molecule has 124 valence electrons. The SMILES string of the molecule is CCCCCCn1ccc(-c2ccc(C)cc2)c1-c1ccccc1. The standard InChI is InChI=1S/C23H27N/c1-3-4-5-9-17-24-18-16-22(20-14-12-19(2)13-15-20)23(24)21-10-7-6-8-11-21/h6-8,10-16,18H,3-5,9,17H2,1-2H3. The first kappa shape index (κ1) is 16.6. The van der Waals surface area contributed by atoms with Crippen LogP contribution in [0.15, 0.2) is 66.9 Å². The fraction of sp³-hybridized carbons (Fsp3) is 0.304. The summed E-state index contributed by atoms with van der Waals surface area (Å²) in [6, 6.07) is 21.9. The Morgan fingerprint density at radius 3 is 2.21 bits per heavy atom. The molecule has 24 heavy (non-hydrogen) atoms. The number of aryl methyl sites for hydroxylation is 2. The van der Waals surface area contributed by atoms with Gasteiger partial charge in [-0.2, -0.15) is 0 Å². The monoisotopic (exact) mass is 317 g/mol. The predicted molar refractivity (Wildman–Crippen MR) is 104 cm³/mol. The fourth-order valence-corrected chi connectivity index (χ4v) is 3.25. The third-order valence-electron chi connectivity index (χ3n) is 4.63. The molecule has 2 aromatic carbocycles. The van der Waals surface area contributed by atoms with E-state index in [1.807, 2.05) is 0 Å². The molecule has 3 aromatic rings. The van der Waals surface area contributed by atoms with Gasteiger partial charge in [0.25, 0.3) is 0 Å². The van der Waals surface area contributed by atoms with Crippen LogP contribution in [0.5, 0.6) is 0 Å². The molecule has 0 spiro atoms. The smallest absolute Gasteiger partial charge is 0.0559 e. The van der Waals surface area contributed by atoms with Crippen LogP contribution in [-0.2, 0) is 6.54 Å². The molecular formula is C23H27N. The molecule has 0 radical (unpaired) electrons. The van der Waals surface area contributed by atoms with E-state index in [9.17, 15) is 0 Å².